The van der Waals surface area contributed by atoms with E-state index in [4.69, 9.17) is 4.74 Å². The van der Waals surface area contributed by atoms with Gasteiger partial charge in [-0.1, -0.05) is 25.1 Å². The molecule has 3 amide bonds. The zero-order valence-corrected chi connectivity index (χ0v) is 20.5. The highest BCUT2D eigenvalue weighted by Crippen LogP contribution is 2.24. The lowest BCUT2D eigenvalue weighted by Gasteiger charge is -2.36. The van der Waals surface area contributed by atoms with Crippen molar-refractivity contribution in [3.8, 4) is 5.75 Å². The van der Waals surface area contributed by atoms with Crippen molar-refractivity contribution in [3.63, 3.8) is 0 Å². The minimum Gasteiger partial charge on any atom is -0.497 e. The first-order valence-corrected chi connectivity index (χ1v) is 11.9. The second kappa shape index (κ2) is 11.7. The number of methoxy groups -OCH3 is 1. The number of rotatable bonds is 8. The molecule has 2 atom stereocenters. The summed E-state index contributed by atoms with van der Waals surface area (Å²) in [4.78, 5) is 40.9. The fourth-order valence-corrected chi connectivity index (χ4v) is 4.23. The number of benzene rings is 2. The van der Waals surface area contributed by atoms with Crippen LogP contribution in [0.5, 0.6) is 5.75 Å². The summed E-state index contributed by atoms with van der Waals surface area (Å²) in [7, 11) is 1.59. The number of likely N-dealkylation sites (tertiary alicyclic amines) is 1. The van der Waals surface area contributed by atoms with Gasteiger partial charge in [-0.15, -0.1) is 0 Å². The predicted octanol–water partition coefficient (Wildman–Crippen LogP) is 3.57. The lowest BCUT2D eigenvalue weighted by atomic mass is 9.88. The Kier molecular flexibility index (Phi) is 8.68. The van der Waals surface area contributed by atoms with Crippen molar-refractivity contribution >= 4 is 17.7 Å². The maximum Gasteiger partial charge on any atom is 0.253 e. The summed E-state index contributed by atoms with van der Waals surface area (Å²) in [5.41, 5.74) is 2.04. The maximum atomic E-state index is 13.1. The molecular weight excluding hydrogens is 430 g/mol. The molecular formula is C27H35N3O4. The first kappa shape index (κ1) is 25.3. The molecule has 1 aliphatic rings. The molecule has 0 spiro atoms. The van der Waals surface area contributed by atoms with Crippen LogP contribution in [0.3, 0.4) is 0 Å². The molecule has 1 fully saturated rings. The van der Waals surface area contributed by atoms with Crippen LogP contribution in [0.25, 0.3) is 0 Å². The fraction of sp³-hybridized carbons (Fsp3) is 0.444. The molecule has 7 heteroatoms. The summed E-state index contributed by atoms with van der Waals surface area (Å²) in [6.45, 7) is 6.90. The summed E-state index contributed by atoms with van der Waals surface area (Å²) in [5.74, 6) is 0.188. The van der Waals surface area contributed by atoms with E-state index in [1.165, 1.54) is 0 Å². The van der Waals surface area contributed by atoms with Gasteiger partial charge in [0.25, 0.3) is 11.8 Å². The maximum absolute atomic E-state index is 13.1. The van der Waals surface area contributed by atoms with Crippen molar-refractivity contribution in [2.75, 3.05) is 20.2 Å². The lowest BCUT2D eigenvalue weighted by molar-refractivity contribution is -0.125. The van der Waals surface area contributed by atoms with Gasteiger partial charge < -0.3 is 20.3 Å². The van der Waals surface area contributed by atoms with Crippen LogP contribution in [-0.2, 0) is 4.79 Å². The first-order valence-electron chi connectivity index (χ1n) is 11.9. The molecule has 2 aromatic rings. The number of nitrogens with zero attached hydrogens (tertiary/aromatic N) is 1. The van der Waals surface area contributed by atoms with Gasteiger partial charge in [0.15, 0.2) is 0 Å². The highest BCUT2D eigenvalue weighted by Gasteiger charge is 2.34. The Morgan fingerprint density at radius 2 is 1.68 bits per heavy atom. The molecule has 1 saturated heterocycles. The Bertz CT molecular complexity index is 997. The van der Waals surface area contributed by atoms with E-state index in [0.717, 1.165) is 12.0 Å². The molecule has 0 unspecified atom stereocenters. The van der Waals surface area contributed by atoms with Crippen molar-refractivity contribution in [1.29, 1.82) is 0 Å². The van der Waals surface area contributed by atoms with E-state index in [1.54, 1.807) is 37.4 Å². The van der Waals surface area contributed by atoms with Gasteiger partial charge in [0.2, 0.25) is 5.91 Å². The van der Waals surface area contributed by atoms with E-state index in [1.807, 2.05) is 43.9 Å². The van der Waals surface area contributed by atoms with E-state index in [0.29, 0.717) is 42.8 Å². The van der Waals surface area contributed by atoms with Gasteiger partial charge in [-0.25, -0.2) is 0 Å². The third kappa shape index (κ3) is 6.16. The minimum atomic E-state index is -0.653. The van der Waals surface area contributed by atoms with Crippen molar-refractivity contribution in [1.82, 2.24) is 15.5 Å². The lowest BCUT2D eigenvalue weighted by Crippen LogP contribution is -2.55. The van der Waals surface area contributed by atoms with Crippen molar-refractivity contribution < 1.29 is 19.1 Å². The van der Waals surface area contributed by atoms with E-state index >= 15 is 0 Å². The van der Waals surface area contributed by atoms with Crippen molar-refractivity contribution in [2.45, 2.75) is 52.1 Å². The molecule has 2 N–H and O–H groups in total. The summed E-state index contributed by atoms with van der Waals surface area (Å²) in [6, 6.07) is 13.8. The Labute approximate surface area is 201 Å². The summed E-state index contributed by atoms with van der Waals surface area (Å²) in [6.07, 6.45) is 2.07. The van der Waals surface area contributed by atoms with Gasteiger partial charge in [-0.3, -0.25) is 14.4 Å². The van der Waals surface area contributed by atoms with Crippen LogP contribution >= 0.6 is 0 Å². The van der Waals surface area contributed by atoms with Gasteiger partial charge in [-0.05, 0) is 74.9 Å². The van der Waals surface area contributed by atoms with Crippen LogP contribution in [0, 0.1) is 12.8 Å². The second-order valence-electron chi connectivity index (χ2n) is 8.94. The normalized spacial score (nSPS) is 15.8. The minimum absolute atomic E-state index is 0.0158. The standard InChI is InChI=1S/C27H35N3O4/c1-5-19(3)28-26(32)24(29-25(31)23-9-7-6-8-18(23)2)20-14-16-30(17-15-20)27(33)21-10-12-22(34-4)13-11-21/h6-13,19-20,24H,5,14-17H2,1-4H3,(H,28,32)(H,29,31)/t19-,24-/m0/s1. The molecule has 0 saturated carbocycles. The largest absolute Gasteiger partial charge is 0.497 e. The number of piperidine rings is 1. The quantitative estimate of drug-likeness (QED) is 0.624. The molecule has 0 aliphatic carbocycles. The van der Waals surface area contributed by atoms with Gasteiger partial charge in [0.05, 0.1) is 7.11 Å². The van der Waals surface area contributed by atoms with E-state index < -0.39 is 6.04 Å². The Morgan fingerprint density at radius 3 is 2.26 bits per heavy atom. The third-order valence-electron chi connectivity index (χ3n) is 6.59. The number of amides is 3. The topological polar surface area (TPSA) is 87.7 Å². The molecule has 0 aromatic heterocycles. The average Bonchev–Trinajstić information content (AvgIpc) is 2.87. The van der Waals surface area contributed by atoms with Gasteiger partial charge in [-0.2, -0.15) is 0 Å². The zero-order chi connectivity index (χ0) is 24.7. The van der Waals surface area contributed by atoms with Crippen LogP contribution in [-0.4, -0.2) is 54.9 Å². The summed E-state index contributed by atoms with van der Waals surface area (Å²) < 4.78 is 5.17. The van der Waals surface area contributed by atoms with Crippen molar-refractivity contribution in [2.24, 2.45) is 5.92 Å². The van der Waals surface area contributed by atoms with Crippen LogP contribution in [0.15, 0.2) is 48.5 Å². The molecule has 34 heavy (non-hydrogen) atoms. The SMILES string of the molecule is CC[C@H](C)NC(=O)[C@@H](NC(=O)c1ccccc1C)C1CCN(C(=O)c2ccc(OC)cc2)CC1. The number of hydrogen-bond donors (Lipinski definition) is 2. The average molecular weight is 466 g/mol. The number of ether oxygens (including phenoxy) is 1. The van der Waals surface area contributed by atoms with Gasteiger partial charge in [0.1, 0.15) is 11.8 Å². The van der Waals surface area contributed by atoms with Crippen LogP contribution in [0.2, 0.25) is 0 Å². The zero-order valence-electron chi connectivity index (χ0n) is 20.5. The Morgan fingerprint density at radius 1 is 1.03 bits per heavy atom. The smallest absolute Gasteiger partial charge is 0.253 e. The van der Waals surface area contributed by atoms with E-state index in [-0.39, 0.29) is 29.7 Å². The molecule has 1 aliphatic heterocycles. The molecule has 1 heterocycles. The van der Waals surface area contributed by atoms with Crippen LogP contribution in [0.4, 0.5) is 0 Å². The molecule has 0 bridgehead atoms. The number of hydrogen-bond acceptors (Lipinski definition) is 4. The predicted molar refractivity (Wildman–Crippen MR) is 132 cm³/mol. The molecule has 182 valence electrons. The Hall–Kier alpha value is -3.35. The summed E-state index contributed by atoms with van der Waals surface area (Å²) in [5, 5.41) is 6.02. The number of carbonyl (C=O) groups is 3. The molecule has 7 nitrogen and oxygen atoms in total. The molecule has 0 radical (unpaired) electrons. The van der Waals surface area contributed by atoms with Crippen molar-refractivity contribution in [3.05, 3.63) is 65.2 Å². The van der Waals surface area contributed by atoms with Crippen LogP contribution in [0.1, 0.15) is 59.4 Å². The Balaban J connectivity index is 1.70. The highest BCUT2D eigenvalue weighted by atomic mass is 16.5. The number of aryl methyl sites for hydroxylation is 1. The molecule has 2 aromatic carbocycles. The second-order valence-corrected chi connectivity index (χ2v) is 8.94. The van der Waals surface area contributed by atoms with Crippen LogP contribution < -0.4 is 15.4 Å². The first-order chi connectivity index (χ1) is 16.3. The third-order valence-corrected chi connectivity index (χ3v) is 6.59. The number of carbonyl (C=O) groups excluding carboxylic acids is 3. The highest BCUT2D eigenvalue weighted by molar-refractivity contribution is 5.99. The summed E-state index contributed by atoms with van der Waals surface area (Å²) >= 11 is 0. The van der Waals surface area contributed by atoms with E-state index in [9.17, 15) is 14.4 Å². The van der Waals surface area contributed by atoms with E-state index in [2.05, 4.69) is 10.6 Å². The van der Waals surface area contributed by atoms with Gasteiger partial charge >= 0.3 is 0 Å². The number of nitrogens with one attached hydrogen (secondary N) is 2. The fourth-order valence-electron chi connectivity index (χ4n) is 4.23. The van der Waals surface area contributed by atoms with Gasteiger partial charge in [0, 0.05) is 30.3 Å². The monoisotopic (exact) mass is 465 g/mol. The molecule has 3 rings (SSSR count).